The van der Waals surface area contributed by atoms with Crippen molar-refractivity contribution in [2.75, 3.05) is 37.7 Å². The van der Waals surface area contributed by atoms with E-state index in [0.717, 1.165) is 32.4 Å². The van der Waals surface area contributed by atoms with Gasteiger partial charge in [0.15, 0.2) is 5.65 Å². The largest absolute Gasteiger partial charge is 0.462 e. The molecule has 1 fully saturated rings. The van der Waals surface area contributed by atoms with Gasteiger partial charge >= 0.3 is 5.97 Å². The van der Waals surface area contributed by atoms with Crippen molar-refractivity contribution in [2.24, 2.45) is 0 Å². The number of anilines is 1. The lowest BCUT2D eigenvalue weighted by Crippen LogP contribution is -2.43. The first-order valence-electron chi connectivity index (χ1n) is 7.47. The molecular weight excluding hydrogens is 303 g/mol. The summed E-state index contributed by atoms with van der Waals surface area (Å²) in [5, 5.41) is 3.28. The zero-order valence-electron chi connectivity index (χ0n) is 12.7. The number of hydrogen-bond donors (Lipinski definition) is 1. The third kappa shape index (κ3) is 2.89. The molecule has 0 saturated carbocycles. The van der Waals surface area contributed by atoms with Crippen molar-refractivity contribution in [3.63, 3.8) is 0 Å². The topological polar surface area (TPSA) is 76.5 Å². The summed E-state index contributed by atoms with van der Waals surface area (Å²) < 4.78 is 19.0. The number of hydrogen-bond acceptors (Lipinski definition) is 6. The number of fused-ring (bicyclic) bond motifs is 1. The molecule has 0 radical (unpaired) electrons. The van der Waals surface area contributed by atoms with Gasteiger partial charge in [0, 0.05) is 26.2 Å². The standard InChI is InChI=1S/C15H17FN4O3/c1-2-23-15(22)11-9-20(16)14-10(13(11)21)3-4-12(18-14)19-7-5-17-6-8-19/h3-4,9,17H,2,5-8H2,1H3. The van der Waals surface area contributed by atoms with Crippen molar-refractivity contribution in [2.45, 2.75) is 6.92 Å². The quantitative estimate of drug-likeness (QED) is 0.840. The number of aromatic nitrogens is 2. The Bertz CT molecular complexity index is 799. The molecule has 23 heavy (non-hydrogen) atoms. The van der Waals surface area contributed by atoms with Crippen LogP contribution in [0.4, 0.5) is 10.3 Å². The maximum Gasteiger partial charge on any atom is 0.343 e. The molecule has 2 aromatic heterocycles. The first-order valence-corrected chi connectivity index (χ1v) is 7.47. The number of piperazine rings is 1. The lowest BCUT2D eigenvalue weighted by molar-refractivity contribution is 0.0523. The van der Waals surface area contributed by atoms with E-state index in [1.54, 1.807) is 13.0 Å². The van der Waals surface area contributed by atoms with E-state index >= 15 is 0 Å². The highest BCUT2D eigenvalue weighted by Crippen LogP contribution is 2.17. The highest BCUT2D eigenvalue weighted by atomic mass is 19.2. The van der Waals surface area contributed by atoms with Crippen molar-refractivity contribution in [1.82, 2.24) is 15.1 Å². The highest BCUT2D eigenvalue weighted by Gasteiger charge is 2.19. The van der Waals surface area contributed by atoms with Gasteiger partial charge in [0.05, 0.1) is 18.2 Å². The van der Waals surface area contributed by atoms with Crippen LogP contribution in [0, 0.1) is 0 Å². The van der Waals surface area contributed by atoms with E-state index in [0.29, 0.717) is 5.82 Å². The molecule has 8 heteroatoms. The van der Waals surface area contributed by atoms with Crippen molar-refractivity contribution in [3.05, 3.63) is 34.1 Å². The van der Waals surface area contributed by atoms with Gasteiger partial charge in [-0.15, -0.1) is 0 Å². The van der Waals surface area contributed by atoms with Gasteiger partial charge in [0.1, 0.15) is 11.4 Å². The first kappa shape index (κ1) is 15.4. The number of esters is 1. The Morgan fingerprint density at radius 2 is 2.13 bits per heavy atom. The molecule has 7 nitrogen and oxygen atoms in total. The highest BCUT2D eigenvalue weighted by molar-refractivity contribution is 5.93. The minimum atomic E-state index is -0.836. The third-order valence-electron chi connectivity index (χ3n) is 3.73. The summed E-state index contributed by atoms with van der Waals surface area (Å²) in [7, 11) is 0. The zero-order chi connectivity index (χ0) is 16.4. The second-order valence-corrected chi connectivity index (χ2v) is 5.18. The normalized spacial score (nSPS) is 15.0. The molecule has 0 unspecified atom stereocenters. The average Bonchev–Trinajstić information content (AvgIpc) is 2.58. The van der Waals surface area contributed by atoms with E-state index in [1.807, 2.05) is 4.90 Å². The van der Waals surface area contributed by atoms with Crippen LogP contribution in [0.15, 0.2) is 23.1 Å². The van der Waals surface area contributed by atoms with E-state index in [2.05, 4.69) is 10.3 Å². The second kappa shape index (κ2) is 6.33. The lowest BCUT2D eigenvalue weighted by Gasteiger charge is -2.28. The molecule has 0 aromatic carbocycles. The Kier molecular flexibility index (Phi) is 4.24. The van der Waals surface area contributed by atoms with Gasteiger partial charge in [-0.25, -0.2) is 9.78 Å². The van der Waals surface area contributed by atoms with Gasteiger partial charge < -0.3 is 15.0 Å². The molecule has 0 bridgehead atoms. The number of nitrogens with one attached hydrogen (secondary N) is 1. The molecule has 1 aliphatic heterocycles. The Hall–Kier alpha value is -2.48. The molecule has 3 heterocycles. The minimum Gasteiger partial charge on any atom is -0.462 e. The van der Waals surface area contributed by atoms with Gasteiger partial charge in [0.2, 0.25) is 5.43 Å². The van der Waals surface area contributed by atoms with E-state index in [1.165, 1.54) is 6.07 Å². The summed E-state index contributed by atoms with van der Waals surface area (Å²) in [6.07, 6.45) is 0.831. The predicted molar refractivity (Wildman–Crippen MR) is 83.5 cm³/mol. The van der Waals surface area contributed by atoms with E-state index < -0.39 is 11.4 Å². The molecule has 122 valence electrons. The van der Waals surface area contributed by atoms with E-state index in [9.17, 15) is 14.1 Å². The summed E-state index contributed by atoms with van der Waals surface area (Å²) in [5.74, 6) is -0.231. The number of carbonyl (C=O) groups is 1. The Labute approximate surface area is 131 Å². The smallest absolute Gasteiger partial charge is 0.343 e. The Balaban J connectivity index is 2.07. The van der Waals surface area contributed by atoms with Crippen LogP contribution < -0.4 is 15.6 Å². The fourth-order valence-corrected chi connectivity index (χ4v) is 2.58. The zero-order valence-corrected chi connectivity index (χ0v) is 12.7. The maximum absolute atomic E-state index is 14.3. The maximum atomic E-state index is 14.3. The third-order valence-corrected chi connectivity index (χ3v) is 3.73. The molecule has 0 atom stereocenters. The average molecular weight is 320 g/mol. The van der Waals surface area contributed by atoms with Crippen LogP contribution >= 0.6 is 0 Å². The van der Waals surface area contributed by atoms with Crippen LogP contribution in [0.1, 0.15) is 17.3 Å². The van der Waals surface area contributed by atoms with Crippen LogP contribution in [0.2, 0.25) is 0 Å². The summed E-state index contributed by atoms with van der Waals surface area (Å²) in [4.78, 5) is 30.5. The van der Waals surface area contributed by atoms with Crippen molar-refractivity contribution < 1.29 is 14.0 Å². The summed E-state index contributed by atoms with van der Waals surface area (Å²) >= 11 is 0. The number of pyridine rings is 2. The molecule has 1 saturated heterocycles. The van der Waals surface area contributed by atoms with Crippen LogP contribution in [-0.2, 0) is 4.74 Å². The molecular formula is C15H17FN4O3. The second-order valence-electron chi connectivity index (χ2n) is 5.18. The summed E-state index contributed by atoms with van der Waals surface area (Å²) in [6, 6.07) is 3.17. The van der Waals surface area contributed by atoms with Crippen molar-refractivity contribution in [1.29, 1.82) is 0 Å². The number of halogens is 1. The number of rotatable bonds is 3. The van der Waals surface area contributed by atoms with Gasteiger partial charge in [0.25, 0.3) is 0 Å². The SMILES string of the molecule is CCOC(=O)c1cn(F)c2nc(N3CCNCC3)ccc2c1=O. The van der Waals surface area contributed by atoms with Gasteiger partial charge in [-0.1, -0.05) is 4.48 Å². The fraction of sp³-hybridized carbons (Fsp3) is 0.400. The minimum absolute atomic E-state index is 0.0527. The molecule has 1 aliphatic rings. The fourth-order valence-electron chi connectivity index (χ4n) is 2.58. The van der Waals surface area contributed by atoms with Gasteiger partial charge in [-0.3, -0.25) is 4.79 Å². The molecule has 3 rings (SSSR count). The van der Waals surface area contributed by atoms with Crippen LogP contribution in [0.5, 0.6) is 0 Å². The number of nitrogens with zero attached hydrogens (tertiary/aromatic N) is 3. The van der Waals surface area contributed by atoms with Crippen molar-refractivity contribution in [3.8, 4) is 0 Å². The van der Waals surface area contributed by atoms with E-state index in [-0.39, 0.29) is 28.0 Å². The van der Waals surface area contributed by atoms with Gasteiger partial charge in [-0.2, -0.15) is 4.79 Å². The Morgan fingerprint density at radius 1 is 1.39 bits per heavy atom. The number of ether oxygens (including phenoxy) is 1. The summed E-state index contributed by atoms with van der Waals surface area (Å²) in [5.41, 5.74) is -1.01. The van der Waals surface area contributed by atoms with Crippen molar-refractivity contribution >= 4 is 22.8 Å². The molecule has 0 spiro atoms. The molecule has 0 aliphatic carbocycles. The van der Waals surface area contributed by atoms with Crippen LogP contribution in [0.3, 0.4) is 0 Å². The van der Waals surface area contributed by atoms with E-state index in [4.69, 9.17) is 4.74 Å². The monoisotopic (exact) mass is 320 g/mol. The Morgan fingerprint density at radius 3 is 2.83 bits per heavy atom. The molecule has 0 amide bonds. The molecule has 2 aromatic rings. The number of carbonyl (C=O) groups excluding carboxylic acids is 1. The first-order chi connectivity index (χ1) is 11.1. The van der Waals surface area contributed by atoms with Crippen LogP contribution in [0.25, 0.3) is 11.0 Å². The summed E-state index contributed by atoms with van der Waals surface area (Å²) in [6.45, 7) is 4.90. The molecule has 1 N–H and O–H groups in total. The van der Waals surface area contributed by atoms with Crippen LogP contribution in [-0.4, -0.2) is 48.5 Å². The lowest BCUT2D eigenvalue weighted by atomic mass is 10.2. The van der Waals surface area contributed by atoms with Gasteiger partial charge in [-0.05, 0) is 19.1 Å². The predicted octanol–water partition coefficient (Wildman–Crippen LogP) is 0.715.